The van der Waals surface area contributed by atoms with E-state index in [0.717, 1.165) is 12.2 Å². The zero-order valence-electron chi connectivity index (χ0n) is 8.44. The number of nitrogens with two attached hydrogens (primary N) is 1. The van der Waals surface area contributed by atoms with E-state index in [9.17, 15) is 0 Å². The first-order valence-electron chi connectivity index (χ1n) is 4.80. The highest BCUT2D eigenvalue weighted by atomic mass is 16.5. The lowest BCUT2D eigenvalue weighted by Gasteiger charge is -2.07. The topological polar surface area (TPSA) is 55.5 Å². The number of aliphatic hydroxyl groups excluding tert-OH is 1. The highest BCUT2D eigenvalue weighted by Gasteiger charge is 1.98. The van der Waals surface area contributed by atoms with Gasteiger partial charge in [0, 0.05) is 6.04 Å². The van der Waals surface area contributed by atoms with Crippen LogP contribution in [0.5, 0.6) is 5.75 Å². The van der Waals surface area contributed by atoms with E-state index in [1.54, 1.807) is 0 Å². The Morgan fingerprint density at radius 1 is 1.36 bits per heavy atom. The SMILES string of the molecule is CC(N)Cc1ccc(OCCO)cc1. The molecule has 1 aromatic carbocycles. The van der Waals surface area contributed by atoms with Crippen LogP contribution < -0.4 is 10.5 Å². The third-order valence-electron chi connectivity index (χ3n) is 1.84. The summed E-state index contributed by atoms with van der Waals surface area (Å²) in [5.74, 6) is 0.785. The third-order valence-corrected chi connectivity index (χ3v) is 1.84. The van der Waals surface area contributed by atoms with E-state index in [0.29, 0.717) is 6.61 Å². The average molecular weight is 195 g/mol. The third kappa shape index (κ3) is 3.77. The summed E-state index contributed by atoms with van der Waals surface area (Å²) in [7, 11) is 0. The Hall–Kier alpha value is -1.06. The molecule has 3 N–H and O–H groups in total. The normalized spacial score (nSPS) is 12.5. The van der Waals surface area contributed by atoms with E-state index in [1.807, 2.05) is 31.2 Å². The van der Waals surface area contributed by atoms with Crippen molar-refractivity contribution in [3.8, 4) is 5.75 Å². The van der Waals surface area contributed by atoms with Gasteiger partial charge in [0.15, 0.2) is 0 Å². The highest BCUT2D eigenvalue weighted by molar-refractivity contribution is 5.27. The van der Waals surface area contributed by atoms with Crippen molar-refractivity contribution < 1.29 is 9.84 Å². The Labute approximate surface area is 84.5 Å². The Kier molecular flexibility index (Phi) is 4.43. The second-order valence-corrected chi connectivity index (χ2v) is 3.40. The molecule has 1 rings (SSSR count). The number of aliphatic hydroxyl groups is 1. The van der Waals surface area contributed by atoms with Crippen molar-refractivity contribution in [2.45, 2.75) is 19.4 Å². The summed E-state index contributed by atoms with van der Waals surface area (Å²) in [6, 6.07) is 7.96. The van der Waals surface area contributed by atoms with Crippen LogP contribution in [-0.2, 0) is 6.42 Å². The van der Waals surface area contributed by atoms with Crippen LogP contribution in [0.15, 0.2) is 24.3 Å². The Bertz CT molecular complexity index is 256. The molecular weight excluding hydrogens is 178 g/mol. The van der Waals surface area contributed by atoms with Gasteiger partial charge in [-0.2, -0.15) is 0 Å². The van der Waals surface area contributed by atoms with Crippen molar-refractivity contribution in [2.75, 3.05) is 13.2 Å². The molecule has 0 spiro atoms. The highest BCUT2D eigenvalue weighted by Crippen LogP contribution is 2.12. The van der Waals surface area contributed by atoms with Crippen molar-refractivity contribution in [3.05, 3.63) is 29.8 Å². The summed E-state index contributed by atoms with van der Waals surface area (Å²) in [5.41, 5.74) is 6.88. The number of hydrogen-bond acceptors (Lipinski definition) is 3. The van der Waals surface area contributed by atoms with Gasteiger partial charge in [0.05, 0.1) is 6.61 Å². The molecule has 1 atom stereocenters. The summed E-state index contributed by atoms with van der Waals surface area (Å²) >= 11 is 0. The quantitative estimate of drug-likeness (QED) is 0.735. The molecule has 0 heterocycles. The fourth-order valence-corrected chi connectivity index (χ4v) is 1.26. The molecule has 0 aliphatic rings. The maximum Gasteiger partial charge on any atom is 0.119 e. The zero-order chi connectivity index (χ0) is 10.4. The molecule has 3 heteroatoms. The van der Waals surface area contributed by atoms with E-state index >= 15 is 0 Å². The Morgan fingerprint density at radius 2 is 2.00 bits per heavy atom. The lowest BCUT2D eigenvalue weighted by molar-refractivity contribution is 0.201. The van der Waals surface area contributed by atoms with Gasteiger partial charge in [-0.25, -0.2) is 0 Å². The van der Waals surface area contributed by atoms with Crippen LogP contribution in [0.2, 0.25) is 0 Å². The number of benzene rings is 1. The van der Waals surface area contributed by atoms with E-state index in [2.05, 4.69) is 0 Å². The van der Waals surface area contributed by atoms with Gasteiger partial charge >= 0.3 is 0 Å². The van der Waals surface area contributed by atoms with Crippen molar-refractivity contribution in [1.29, 1.82) is 0 Å². The molecule has 1 aromatic rings. The van der Waals surface area contributed by atoms with Crippen LogP contribution in [0.25, 0.3) is 0 Å². The molecule has 78 valence electrons. The molecule has 0 aliphatic heterocycles. The van der Waals surface area contributed by atoms with Gasteiger partial charge in [0.2, 0.25) is 0 Å². The van der Waals surface area contributed by atoms with Crippen molar-refractivity contribution in [2.24, 2.45) is 5.73 Å². The molecule has 0 aliphatic carbocycles. The summed E-state index contributed by atoms with van der Waals surface area (Å²) in [6.07, 6.45) is 0.875. The predicted octanol–water partition coefficient (Wildman–Crippen LogP) is 0.947. The van der Waals surface area contributed by atoms with Crippen LogP contribution in [0, 0.1) is 0 Å². The minimum Gasteiger partial charge on any atom is -0.491 e. The molecule has 1 unspecified atom stereocenters. The van der Waals surface area contributed by atoms with Gasteiger partial charge in [-0.1, -0.05) is 12.1 Å². The van der Waals surface area contributed by atoms with Crippen LogP contribution >= 0.6 is 0 Å². The van der Waals surface area contributed by atoms with Gasteiger partial charge in [-0.3, -0.25) is 0 Å². The average Bonchev–Trinajstić information content (AvgIpc) is 2.16. The first kappa shape index (κ1) is 11.0. The first-order valence-corrected chi connectivity index (χ1v) is 4.80. The molecule has 3 nitrogen and oxygen atoms in total. The molecule has 0 aromatic heterocycles. The van der Waals surface area contributed by atoms with Gasteiger partial charge in [0.1, 0.15) is 12.4 Å². The van der Waals surface area contributed by atoms with Crippen molar-refractivity contribution >= 4 is 0 Å². The summed E-state index contributed by atoms with van der Waals surface area (Å²) in [6.45, 7) is 2.37. The van der Waals surface area contributed by atoms with E-state index in [-0.39, 0.29) is 12.6 Å². The fourth-order valence-electron chi connectivity index (χ4n) is 1.26. The summed E-state index contributed by atoms with van der Waals surface area (Å²) in [5, 5.41) is 8.56. The minimum atomic E-state index is 0.0432. The molecule has 0 saturated carbocycles. The Balaban J connectivity index is 2.50. The van der Waals surface area contributed by atoms with Crippen molar-refractivity contribution in [3.63, 3.8) is 0 Å². The molecule has 0 amide bonds. The van der Waals surface area contributed by atoms with Crippen LogP contribution in [0.1, 0.15) is 12.5 Å². The lowest BCUT2D eigenvalue weighted by Crippen LogP contribution is -2.17. The van der Waals surface area contributed by atoms with Crippen LogP contribution in [-0.4, -0.2) is 24.4 Å². The lowest BCUT2D eigenvalue weighted by atomic mass is 10.1. The van der Waals surface area contributed by atoms with E-state index in [4.69, 9.17) is 15.6 Å². The number of hydrogen-bond donors (Lipinski definition) is 2. The van der Waals surface area contributed by atoms with Crippen molar-refractivity contribution in [1.82, 2.24) is 0 Å². The standard InChI is InChI=1S/C11H17NO2/c1-9(12)8-10-2-4-11(5-3-10)14-7-6-13/h2-5,9,13H,6-8,12H2,1H3. The smallest absolute Gasteiger partial charge is 0.119 e. The van der Waals surface area contributed by atoms with Gasteiger partial charge < -0.3 is 15.6 Å². The van der Waals surface area contributed by atoms with Gasteiger partial charge in [0.25, 0.3) is 0 Å². The maximum atomic E-state index is 8.56. The number of ether oxygens (including phenoxy) is 1. The molecule has 0 fully saturated rings. The predicted molar refractivity (Wildman–Crippen MR) is 56.4 cm³/mol. The first-order chi connectivity index (χ1) is 6.72. The molecular formula is C11H17NO2. The molecule has 0 saturated heterocycles. The van der Waals surface area contributed by atoms with Crippen LogP contribution in [0.3, 0.4) is 0 Å². The Morgan fingerprint density at radius 3 is 2.50 bits per heavy atom. The van der Waals surface area contributed by atoms with Gasteiger partial charge in [-0.05, 0) is 31.0 Å². The second-order valence-electron chi connectivity index (χ2n) is 3.40. The summed E-state index contributed by atoms with van der Waals surface area (Å²) in [4.78, 5) is 0. The zero-order valence-corrected chi connectivity index (χ0v) is 8.44. The van der Waals surface area contributed by atoms with Crippen LogP contribution in [0.4, 0.5) is 0 Å². The monoisotopic (exact) mass is 195 g/mol. The number of rotatable bonds is 5. The maximum absolute atomic E-state index is 8.56. The fraction of sp³-hybridized carbons (Fsp3) is 0.455. The molecule has 0 radical (unpaired) electrons. The van der Waals surface area contributed by atoms with E-state index < -0.39 is 0 Å². The molecule has 14 heavy (non-hydrogen) atoms. The van der Waals surface area contributed by atoms with Gasteiger partial charge in [-0.15, -0.1) is 0 Å². The summed E-state index contributed by atoms with van der Waals surface area (Å²) < 4.78 is 5.23. The minimum absolute atomic E-state index is 0.0432. The largest absolute Gasteiger partial charge is 0.491 e. The van der Waals surface area contributed by atoms with E-state index in [1.165, 1.54) is 5.56 Å². The second kappa shape index (κ2) is 5.62. The molecule has 0 bridgehead atoms.